The summed E-state index contributed by atoms with van der Waals surface area (Å²) in [7, 11) is 1.92. The van der Waals surface area contributed by atoms with Crippen molar-refractivity contribution in [1.29, 1.82) is 0 Å². The summed E-state index contributed by atoms with van der Waals surface area (Å²) in [6, 6.07) is 8.84. The first kappa shape index (κ1) is 17.3. The van der Waals surface area contributed by atoms with Gasteiger partial charge in [-0.05, 0) is 56.0 Å². The molecule has 2 N–H and O–H groups in total. The molecule has 0 amide bonds. The molecule has 4 nitrogen and oxygen atoms in total. The number of nitrogens with zero attached hydrogens (tertiary/aromatic N) is 2. The highest BCUT2D eigenvalue weighted by Crippen LogP contribution is 2.39. The number of hydrogen-bond donors (Lipinski definition) is 2. The first-order chi connectivity index (χ1) is 12.1. The predicted molar refractivity (Wildman–Crippen MR) is 112 cm³/mol. The molecule has 6 heteroatoms. The van der Waals surface area contributed by atoms with Crippen LogP contribution in [-0.2, 0) is 0 Å². The highest BCUT2D eigenvalue weighted by molar-refractivity contribution is 8.00. The van der Waals surface area contributed by atoms with Gasteiger partial charge in [-0.3, -0.25) is 4.72 Å². The average molecular weight is 375 g/mol. The molecule has 1 aromatic heterocycles. The Labute approximate surface area is 158 Å². The third-order valence-electron chi connectivity index (χ3n) is 5.01. The van der Waals surface area contributed by atoms with Crippen LogP contribution in [0.4, 0.5) is 11.5 Å². The van der Waals surface area contributed by atoms with E-state index in [0.717, 1.165) is 24.4 Å². The quantitative estimate of drug-likeness (QED) is 0.758. The molecule has 2 heterocycles. The summed E-state index contributed by atoms with van der Waals surface area (Å²) in [5.74, 6) is 2.11. The van der Waals surface area contributed by atoms with E-state index in [-0.39, 0.29) is 0 Å². The fourth-order valence-electron chi connectivity index (χ4n) is 3.16. The maximum absolute atomic E-state index is 4.80. The summed E-state index contributed by atoms with van der Waals surface area (Å²) in [6.45, 7) is 6.83. The van der Waals surface area contributed by atoms with Crippen molar-refractivity contribution in [2.24, 2.45) is 0 Å². The SMILES string of the molecule is CNc1ccc2c(N3CCS[C@H](C)C3)cc(SNC3(C)CC3)cc2n1. The molecule has 0 spiro atoms. The molecule has 1 aliphatic heterocycles. The van der Waals surface area contributed by atoms with Crippen molar-refractivity contribution in [3.8, 4) is 0 Å². The van der Waals surface area contributed by atoms with Crippen molar-refractivity contribution in [1.82, 2.24) is 9.71 Å². The van der Waals surface area contributed by atoms with Gasteiger partial charge in [0.2, 0.25) is 0 Å². The number of pyridine rings is 1. The monoisotopic (exact) mass is 374 g/mol. The van der Waals surface area contributed by atoms with Crippen LogP contribution >= 0.6 is 23.7 Å². The van der Waals surface area contributed by atoms with Gasteiger partial charge in [0.25, 0.3) is 0 Å². The number of hydrogen-bond acceptors (Lipinski definition) is 6. The maximum atomic E-state index is 4.80. The molecule has 134 valence electrons. The van der Waals surface area contributed by atoms with E-state index in [0.29, 0.717) is 10.8 Å². The lowest BCUT2D eigenvalue weighted by Crippen LogP contribution is -2.36. The van der Waals surface area contributed by atoms with Crippen LogP contribution in [0, 0.1) is 0 Å². The van der Waals surface area contributed by atoms with Crippen molar-refractivity contribution in [2.75, 3.05) is 36.1 Å². The lowest BCUT2D eigenvalue weighted by molar-refractivity contribution is 0.701. The van der Waals surface area contributed by atoms with Gasteiger partial charge in [-0.1, -0.05) is 6.92 Å². The maximum Gasteiger partial charge on any atom is 0.126 e. The van der Waals surface area contributed by atoms with Gasteiger partial charge in [-0.2, -0.15) is 11.8 Å². The summed E-state index contributed by atoms with van der Waals surface area (Å²) < 4.78 is 3.63. The van der Waals surface area contributed by atoms with Crippen LogP contribution in [0.2, 0.25) is 0 Å². The Hall–Kier alpha value is -1.11. The molecule has 25 heavy (non-hydrogen) atoms. The molecule has 2 aliphatic rings. The smallest absolute Gasteiger partial charge is 0.126 e. The van der Waals surface area contributed by atoms with Gasteiger partial charge in [-0.25, -0.2) is 4.98 Å². The van der Waals surface area contributed by atoms with Crippen molar-refractivity contribution in [2.45, 2.75) is 42.4 Å². The second-order valence-corrected chi connectivity index (χ2v) is 9.77. The Morgan fingerprint density at radius 2 is 2.16 bits per heavy atom. The van der Waals surface area contributed by atoms with Crippen molar-refractivity contribution >= 4 is 46.1 Å². The highest BCUT2D eigenvalue weighted by Gasteiger charge is 2.37. The largest absolute Gasteiger partial charge is 0.373 e. The third-order valence-corrected chi connectivity index (χ3v) is 7.21. The van der Waals surface area contributed by atoms with Crippen LogP contribution in [0.5, 0.6) is 0 Å². The van der Waals surface area contributed by atoms with E-state index in [1.54, 1.807) is 11.9 Å². The zero-order valence-corrected chi connectivity index (χ0v) is 16.8. The fraction of sp³-hybridized carbons (Fsp3) is 0.526. The van der Waals surface area contributed by atoms with Gasteiger partial charge in [0.05, 0.1) is 5.52 Å². The molecule has 1 atom stereocenters. The molecule has 1 aromatic carbocycles. The van der Waals surface area contributed by atoms with Crippen LogP contribution in [0.1, 0.15) is 26.7 Å². The minimum absolute atomic E-state index is 0.316. The third kappa shape index (κ3) is 3.86. The second kappa shape index (κ2) is 6.89. The van der Waals surface area contributed by atoms with Crippen molar-refractivity contribution in [3.63, 3.8) is 0 Å². The van der Waals surface area contributed by atoms with Crippen LogP contribution in [0.25, 0.3) is 10.9 Å². The topological polar surface area (TPSA) is 40.2 Å². The van der Waals surface area contributed by atoms with Crippen LogP contribution in [0.3, 0.4) is 0 Å². The molecule has 4 rings (SSSR count). The predicted octanol–water partition coefficient (Wildman–Crippen LogP) is 4.37. The number of thioether (sulfide) groups is 1. The summed E-state index contributed by atoms with van der Waals surface area (Å²) in [5.41, 5.74) is 2.71. The molecular weight excluding hydrogens is 348 g/mol. The number of rotatable bonds is 5. The second-order valence-electron chi connectivity index (χ2n) is 7.35. The van der Waals surface area contributed by atoms with E-state index in [1.165, 1.54) is 34.6 Å². The first-order valence-electron chi connectivity index (χ1n) is 8.99. The van der Waals surface area contributed by atoms with Crippen LogP contribution in [0.15, 0.2) is 29.2 Å². The summed E-state index contributed by atoms with van der Waals surface area (Å²) >= 11 is 3.82. The number of aromatic nitrogens is 1. The minimum Gasteiger partial charge on any atom is -0.373 e. The Bertz CT molecular complexity index is 775. The zero-order chi connectivity index (χ0) is 17.4. The number of nitrogens with one attached hydrogen (secondary N) is 2. The molecule has 0 unspecified atom stereocenters. The highest BCUT2D eigenvalue weighted by atomic mass is 32.2. The molecule has 0 bridgehead atoms. The normalized spacial score (nSPS) is 22.2. The molecule has 2 aromatic rings. The van der Waals surface area contributed by atoms with E-state index in [1.807, 2.05) is 7.05 Å². The van der Waals surface area contributed by atoms with E-state index in [2.05, 4.69) is 64.8 Å². The first-order valence-corrected chi connectivity index (χ1v) is 10.9. The molecule has 1 saturated heterocycles. The van der Waals surface area contributed by atoms with Crippen molar-refractivity contribution in [3.05, 3.63) is 24.3 Å². The van der Waals surface area contributed by atoms with Crippen molar-refractivity contribution < 1.29 is 0 Å². The standard InChI is InChI=1S/C19H26N4S2/c1-13-12-23(8-9-24-13)17-11-14(25-22-19(2)6-7-19)10-16-15(17)4-5-18(20-3)21-16/h4-5,10-11,13,22H,6-9,12H2,1-3H3,(H,20,21)/t13-/m1/s1. The van der Waals surface area contributed by atoms with Crippen LogP contribution in [-0.4, -0.2) is 41.7 Å². The van der Waals surface area contributed by atoms with Gasteiger partial charge in [0, 0.05) is 52.6 Å². The average Bonchev–Trinajstić information content (AvgIpc) is 3.36. The Kier molecular flexibility index (Phi) is 4.77. The lowest BCUT2D eigenvalue weighted by atomic mass is 10.1. The Morgan fingerprint density at radius 3 is 2.88 bits per heavy atom. The van der Waals surface area contributed by atoms with E-state index < -0.39 is 0 Å². The molecular formula is C19H26N4S2. The number of anilines is 2. The lowest BCUT2D eigenvalue weighted by Gasteiger charge is -2.33. The zero-order valence-electron chi connectivity index (χ0n) is 15.1. The van der Waals surface area contributed by atoms with E-state index >= 15 is 0 Å². The van der Waals surface area contributed by atoms with Gasteiger partial charge in [0.1, 0.15) is 5.82 Å². The summed E-state index contributed by atoms with van der Waals surface area (Å²) in [6.07, 6.45) is 2.53. The summed E-state index contributed by atoms with van der Waals surface area (Å²) in [5, 5.41) is 5.08. The molecule has 1 aliphatic carbocycles. The minimum atomic E-state index is 0.316. The van der Waals surface area contributed by atoms with Gasteiger partial charge < -0.3 is 10.2 Å². The molecule has 2 fully saturated rings. The van der Waals surface area contributed by atoms with E-state index in [4.69, 9.17) is 4.98 Å². The van der Waals surface area contributed by atoms with Gasteiger partial charge in [-0.15, -0.1) is 0 Å². The Morgan fingerprint density at radius 1 is 1.32 bits per heavy atom. The van der Waals surface area contributed by atoms with E-state index in [9.17, 15) is 0 Å². The Balaban J connectivity index is 1.72. The number of fused-ring (bicyclic) bond motifs is 1. The summed E-state index contributed by atoms with van der Waals surface area (Å²) in [4.78, 5) is 8.59. The molecule has 1 saturated carbocycles. The number of benzene rings is 1. The molecule has 0 radical (unpaired) electrons. The van der Waals surface area contributed by atoms with Gasteiger partial charge in [0.15, 0.2) is 0 Å². The fourth-order valence-corrected chi connectivity index (χ4v) is 5.08. The van der Waals surface area contributed by atoms with Crippen LogP contribution < -0.4 is 14.9 Å². The van der Waals surface area contributed by atoms with Gasteiger partial charge >= 0.3 is 0 Å².